The van der Waals surface area contributed by atoms with Crippen LogP contribution in [0, 0.1) is 0 Å². The molecule has 2 atom stereocenters. The third-order valence-corrected chi connectivity index (χ3v) is 12.0. The number of para-hydroxylation sites is 2. The first-order chi connectivity index (χ1) is 36.7. The second kappa shape index (κ2) is 23.9. The van der Waals surface area contributed by atoms with Gasteiger partial charge in [0.15, 0.2) is 0 Å². The van der Waals surface area contributed by atoms with Crippen molar-refractivity contribution < 1.29 is 79.4 Å². The summed E-state index contributed by atoms with van der Waals surface area (Å²) >= 11 is 0. The SMILES string of the molecule is O=C(N/N=C1\CC(c2ccc(O)cc2)Oc2cc(O)cc(O)c21)c1ccc(N=Cc2ccccc2O)cc1.O=C(N/N=C1\CC(c2ccc(O)cc2)Oc2cc(O)cc(O)c21)c1ccc(N=Cc2ccccc2O)cc1.[Zn]. The number of carbonyl (C=O) groups excluding carboxylic acids is 2. The number of ether oxygens (including phenoxy) is 2. The molecule has 2 aliphatic rings. The first-order valence-electron chi connectivity index (χ1n) is 23.4. The van der Waals surface area contributed by atoms with Crippen molar-refractivity contribution in [2.24, 2.45) is 20.2 Å². The Bertz CT molecular complexity index is 3340. The number of fused-ring (bicyclic) bond motifs is 2. The van der Waals surface area contributed by atoms with Gasteiger partial charge in [-0.1, -0.05) is 48.5 Å². The van der Waals surface area contributed by atoms with Crippen molar-refractivity contribution in [3.8, 4) is 57.5 Å². The number of hydrogen-bond acceptors (Lipinski definition) is 16. The van der Waals surface area contributed by atoms with E-state index in [9.17, 15) is 50.4 Å². The third-order valence-electron chi connectivity index (χ3n) is 12.0. The predicted molar refractivity (Wildman–Crippen MR) is 283 cm³/mol. The number of hydrazone groups is 2. The summed E-state index contributed by atoms with van der Waals surface area (Å²) in [6.07, 6.45) is 2.45. The summed E-state index contributed by atoms with van der Waals surface area (Å²) in [5.74, 6) is -0.881. The van der Waals surface area contributed by atoms with Crippen molar-refractivity contribution >= 4 is 47.0 Å². The maximum absolute atomic E-state index is 12.8. The number of hydrogen-bond donors (Lipinski definition) is 10. The molecule has 0 saturated heterocycles. The van der Waals surface area contributed by atoms with Gasteiger partial charge in [-0.3, -0.25) is 19.6 Å². The van der Waals surface area contributed by atoms with Crippen LogP contribution in [0.5, 0.6) is 57.5 Å². The van der Waals surface area contributed by atoms with Gasteiger partial charge >= 0.3 is 0 Å². The molecule has 2 amide bonds. The van der Waals surface area contributed by atoms with Gasteiger partial charge in [0.25, 0.3) is 11.8 Å². The van der Waals surface area contributed by atoms with Gasteiger partial charge in [0.1, 0.15) is 69.7 Å². The molecule has 10 N–H and O–H groups in total. The maximum Gasteiger partial charge on any atom is 0.271 e. The number of nitrogens with one attached hydrogen (secondary N) is 2. The zero-order valence-corrected chi connectivity index (χ0v) is 43.6. The summed E-state index contributed by atoms with van der Waals surface area (Å²) in [6, 6.07) is 44.7. The Balaban J connectivity index is 0.000000201. The van der Waals surface area contributed by atoms with E-state index in [1.807, 2.05) is 0 Å². The Hall–Kier alpha value is -10.00. The molecular weight excluding hydrogens is 1040 g/mol. The molecule has 0 aliphatic carbocycles. The van der Waals surface area contributed by atoms with Crippen molar-refractivity contribution in [3.63, 3.8) is 0 Å². The number of carbonyl (C=O) groups is 2. The number of rotatable bonds is 10. The Morgan fingerprint density at radius 1 is 0.442 bits per heavy atom. The molecule has 0 saturated carbocycles. The monoisotopic (exact) mass is 1080 g/mol. The van der Waals surface area contributed by atoms with Crippen molar-refractivity contribution in [1.29, 1.82) is 0 Å². The standard InChI is InChI=1S/2C29H23N3O6.Zn/c2*33-21-11-7-17(8-12-21)26-15-23(28-25(36)13-22(34)14-27(28)38-26)31-32-29(37)18-5-9-20(10-6-18)30-16-19-3-1-2-4-24(19)35;/h2*1-14,16,26,33-36H,15H2,(H,32,37);/b2*30-16?,31-23+;. The molecule has 8 aromatic rings. The number of nitrogens with zero attached hydrogens (tertiary/aromatic N) is 4. The molecule has 2 aliphatic heterocycles. The van der Waals surface area contributed by atoms with Gasteiger partial charge in [0.2, 0.25) is 0 Å². The molecule has 382 valence electrons. The van der Waals surface area contributed by atoms with Gasteiger partial charge in [-0.2, -0.15) is 10.2 Å². The third kappa shape index (κ3) is 13.0. The predicted octanol–water partition coefficient (Wildman–Crippen LogP) is 9.83. The van der Waals surface area contributed by atoms with Crippen LogP contribution in [0.2, 0.25) is 0 Å². The topological polar surface area (TPSA) is 288 Å². The average Bonchev–Trinajstić information content (AvgIpc) is 3.43. The van der Waals surface area contributed by atoms with Crippen LogP contribution in [0.1, 0.15) is 79.1 Å². The van der Waals surface area contributed by atoms with Crippen LogP contribution in [-0.2, 0) is 19.5 Å². The fourth-order valence-corrected chi connectivity index (χ4v) is 8.08. The molecule has 2 heterocycles. The van der Waals surface area contributed by atoms with E-state index in [4.69, 9.17) is 9.47 Å². The number of aliphatic imine (C=N–C) groups is 2. The van der Waals surface area contributed by atoms with Crippen molar-refractivity contribution in [3.05, 3.63) is 214 Å². The Labute approximate surface area is 452 Å². The molecule has 0 fully saturated rings. The van der Waals surface area contributed by atoms with E-state index < -0.39 is 24.0 Å². The Kier molecular flexibility index (Phi) is 16.6. The molecule has 77 heavy (non-hydrogen) atoms. The molecular formula is C58H46N6O12Zn. The van der Waals surface area contributed by atoms with Crippen LogP contribution in [-0.4, -0.2) is 76.5 Å². The molecule has 0 radical (unpaired) electrons. The smallest absolute Gasteiger partial charge is 0.271 e. The van der Waals surface area contributed by atoms with Gasteiger partial charge in [-0.15, -0.1) is 0 Å². The van der Waals surface area contributed by atoms with E-state index in [1.54, 1.807) is 121 Å². The summed E-state index contributed by atoms with van der Waals surface area (Å²) in [5, 5.41) is 88.3. The largest absolute Gasteiger partial charge is 0.508 e. The van der Waals surface area contributed by atoms with Crippen LogP contribution in [0.4, 0.5) is 11.4 Å². The number of phenols is 8. The fraction of sp³-hybridized carbons (Fsp3) is 0.0690. The maximum atomic E-state index is 12.8. The molecule has 0 bridgehead atoms. The van der Waals surface area contributed by atoms with Crippen molar-refractivity contribution in [2.75, 3.05) is 0 Å². The van der Waals surface area contributed by atoms with Gasteiger partial charge in [-0.25, -0.2) is 10.9 Å². The van der Waals surface area contributed by atoms with Crippen LogP contribution in [0.15, 0.2) is 190 Å². The van der Waals surface area contributed by atoms with Crippen LogP contribution >= 0.6 is 0 Å². The molecule has 10 rings (SSSR count). The quantitative estimate of drug-likeness (QED) is 0.0348. The number of benzene rings is 8. The summed E-state index contributed by atoms with van der Waals surface area (Å²) < 4.78 is 12.0. The van der Waals surface area contributed by atoms with Crippen LogP contribution < -0.4 is 20.3 Å². The average molecular weight is 1080 g/mol. The van der Waals surface area contributed by atoms with E-state index >= 15 is 0 Å². The van der Waals surface area contributed by atoms with Crippen LogP contribution in [0.25, 0.3) is 0 Å². The van der Waals surface area contributed by atoms with E-state index in [-0.39, 0.29) is 101 Å². The molecule has 0 aromatic heterocycles. The minimum atomic E-state index is -0.527. The zero-order valence-electron chi connectivity index (χ0n) is 40.6. The molecule has 19 heteroatoms. The fourth-order valence-electron chi connectivity index (χ4n) is 8.08. The Morgan fingerprint density at radius 3 is 1.17 bits per heavy atom. The zero-order chi connectivity index (χ0) is 53.3. The summed E-state index contributed by atoms with van der Waals surface area (Å²) in [6.45, 7) is 0. The summed E-state index contributed by atoms with van der Waals surface area (Å²) in [4.78, 5) is 34.3. The number of aromatic hydroxyl groups is 8. The van der Waals surface area contributed by atoms with E-state index in [2.05, 4.69) is 31.0 Å². The van der Waals surface area contributed by atoms with E-state index in [0.717, 1.165) is 11.1 Å². The molecule has 0 spiro atoms. The van der Waals surface area contributed by atoms with E-state index in [1.165, 1.54) is 61.0 Å². The second-order valence-corrected chi connectivity index (χ2v) is 17.2. The van der Waals surface area contributed by atoms with Crippen molar-refractivity contribution in [2.45, 2.75) is 25.0 Å². The minimum Gasteiger partial charge on any atom is -0.508 e. The molecule has 8 aromatic carbocycles. The van der Waals surface area contributed by atoms with Gasteiger partial charge in [0, 0.05) is 91.3 Å². The van der Waals surface area contributed by atoms with Crippen LogP contribution in [0.3, 0.4) is 0 Å². The molecule has 2 unspecified atom stereocenters. The number of phenolic OH excluding ortho intramolecular Hbond substituents is 8. The summed E-state index contributed by atoms with van der Waals surface area (Å²) in [7, 11) is 0. The van der Waals surface area contributed by atoms with Crippen molar-refractivity contribution in [1.82, 2.24) is 10.9 Å². The summed E-state index contributed by atoms with van der Waals surface area (Å²) in [5.41, 5.74) is 10.8. The normalized spacial score (nSPS) is 15.5. The first-order valence-corrected chi connectivity index (χ1v) is 23.4. The Morgan fingerprint density at radius 2 is 0.805 bits per heavy atom. The van der Waals surface area contributed by atoms with Gasteiger partial charge < -0.3 is 50.3 Å². The minimum absolute atomic E-state index is 0. The van der Waals surface area contributed by atoms with E-state index in [0.29, 0.717) is 45.1 Å². The van der Waals surface area contributed by atoms with Gasteiger partial charge in [0.05, 0.1) is 33.9 Å². The van der Waals surface area contributed by atoms with Gasteiger partial charge in [-0.05, 0) is 108 Å². The first kappa shape index (κ1) is 53.3. The molecule has 18 nitrogen and oxygen atoms in total. The second-order valence-electron chi connectivity index (χ2n) is 17.2. The number of amides is 2.